The molecule has 0 saturated carbocycles. The number of amides is 1. The van der Waals surface area contributed by atoms with Crippen LogP contribution in [0.25, 0.3) is 0 Å². The second kappa shape index (κ2) is 7.31. The largest absolute Gasteiger partial charge is 0.356 e. The number of nitrogens with one attached hydrogen (secondary N) is 2. The van der Waals surface area contributed by atoms with Crippen molar-refractivity contribution in [1.29, 1.82) is 0 Å². The Morgan fingerprint density at radius 1 is 1.56 bits per heavy atom. The minimum atomic E-state index is 0.0641. The van der Waals surface area contributed by atoms with Gasteiger partial charge in [0.15, 0.2) is 4.77 Å². The SMILES string of the molecule is CCCc1n[nH]c(=S)n1CCC(=O)NCC(C)C. The van der Waals surface area contributed by atoms with Gasteiger partial charge in [0.2, 0.25) is 5.91 Å². The average molecular weight is 270 g/mol. The van der Waals surface area contributed by atoms with E-state index in [0.29, 0.717) is 23.7 Å². The van der Waals surface area contributed by atoms with Crippen molar-refractivity contribution in [2.45, 2.75) is 46.6 Å². The molecule has 5 nitrogen and oxygen atoms in total. The third-order valence-corrected chi connectivity index (χ3v) is 2.89. The number of carbonyl (C=O) groups is 1. The van der Waals surface area contributed by atoms with Gasteiger partial charge in [-0.1, -0.05) is 20.8 Å². The minimum absolute atomic E-state index is 0.0641. The van der Waals surface area contributed by atoms with Crippen molar-refractivity contribution in [3.63, 3.8) is 0 Å². The molecule has 0 radical (unpaired) electrons. The van der Waals surface area contributed by atoms with Gasteiger partial charge in [0.25, 0.3) is 0 Å². The quantitative estimate of drug-likeness (QED) is 0.745. The first-order valence-corrected chi connectivity index (χ1v) is 6.86. The van der Waals surface area contributed by atoms with Crippen molar-refractivity contribution in [3.05, 3.63) is 10.6 Å². The minimum Gasteiger partial charge on any atom is -0.356 e. The molecule has 0 unspecified atom stereocenters. The molecule has 1 heterocycles. The van der Waals surface area contributed by atoms with Crippen LogP contribution in [0.1, 0.15) is 39.4 Å². The van der Waals surface area contributed by atoms with Crippen molar-refractivity contribution >= 4 is 18.1 Å². The van der Waals surface area contributed by atoms with Crippen LogP contribution in [0.5, 0.6) is 0 Å². The number of rotatable bonds is 7. The maximum atomic E-state index is 11.6. The molecule has 0 aliphatic carbocycles. The van der Waals surface area contributed by atoms with Gasteiger partial charge in [-0.25, -0.2) is 0 Å². The van der Waals surface area contributed by atoms with E-state index in [1.165, 1.54) is 0 Å². The Bertz CT molecular complexity index is 436. The van der Waals surface area contributed by atoms with Crippen LogP contribution in [-0.2, 0) is 17.8 Å². The Morgan fingerprint density at radius 2 is 2.28 bits per heavy atom. The third kappa shape index (κ3) is 4.60. The molecule has 1 amide bonds. The van der Waals surface area contributed by atoms with Crippen LogP contribution < -0.4 is 5.32 Å². The first-order valence-electron chi connectivity index (χ1n) is 6.45. The van der Waals surface area contributed by atoms with Crippen LogP contribution in [0.3, 0.4) is 0 Å². The van der Waals surface area contributed by atoms with Crippen molar-refractivity contribution in [1.82, 2.24) is 20.1 Å². The molecule has 0 aliphatic rings. The van der Waals surface area contributed by atoms with Gasteiger partial charge < -0.3 is 9.88 Å². The Kier molecular flexibility index (Phi) is 6.04. The predicted molar refractivity (Wildman–Crippen MR) is 73.9 cm³/mol. The Labute approximate surface area is 113 Å². The summed E-state index contributed by atoms with van der Waals surface area (Å²) in [7, 11) is 0. The van der Waals surface area contributed by atoms with E-state index >= 15 is 0 Å². The van der Waals surface area contributed by atoms with Gasteiger partial charge in [0.1, 0.15) is 5.82 Å². The summed E-state index contributed by atoms with van der Waals surface area (Å²) in [6, 6.07) is 0. The van der Waals surface area contributed by atoms with E-state index in [1.54, 1.807) is 0 Å². The summed E-state index contributed by atoms with van der Waals surface area (Å²) in [6.45, 7) is 7.56. The van der Waals surface area contributed by atoms with E-state index in [2.05, 4.69) is 36.3 Å². The molecule has 0 fully saturated rings. The van der Waals surface area contributed by atoms with E-state index < -0.39 is 0 Å². The number of carbonyl (C=O) groups excluding carboxylic acids is 1. The molecule has 0 atom stereocenters. The number of aromatic nitrogens is 3. The molecule has 0 saturated heterocycles. The first kappa shape index (κ1) is 14.9. The predicted octanol–water partition coefficient (Wildman–Crippen LogP) is 2.06. The van der Waals surface area contributed by atoms with Gasteiger partial charge in [0.05, 0.1) is 0 Å². The fraction of sp³-hybridized carbons (Fsp3) is 0.750. The fourth-order valence-corrected chi connectivity index (χ4v) is 1.86. The highest BCUT2D eigenvalue weighted by Crippen LogP contribution is 2.03. The molecular weight excluding hydrogens is 248 g/mol. The summed E-state index contributed by atoms with van der Waals surface area (Å²) in [5.74, 6) is 1.47. The normalized spacial score (nSPS) is 10.9. The van der Waals surface area contributed by atoms with Crippen LogP contribution in [0.15, 0.2) is 0 Å². The number of hydrogen-bond donors (Lipinski definition) is 2. The Morgan fingerprint density at radius 3 is 2.89 bits per heavy atom. The lowest BCUT2D eigenvalue weighted by atomic mass is 10.2. The van der Waals surface area contributed by atoms with Gasteiger partial charge >= 0.3 is 0 Å². The fourth-order valence-electron chi connectivity index (χ4n) is 1.62. The number of aromatic amines is 1. The standard InChI is InChI=1S/C12H22N4OS/c1-4-5-10-14-15-12(18)16(10)7-6-11(17)13-8-9(2)3/h9H,4-8H2,1-3H3,(H,13,17)(H,15,18). The molecule has 18 heavy (non-hydrogen) atoms. The van der Waals surface area contributed by atoms with Crippen LogP contribution in [0, 0.1) is 10.7 Å². The Balaban J connectivity index is 2.50. The van der Waals surface area contributed by atoms with Crippen molar-refractivity contribution in [2.75, 3.05) is 6.54 Å². The molecule has 0 aromatic carbocycles. The molecule has 0 spiro atoms. The number of hydrogen-bond acceptors (Lipinski definition) is 3. The van der Waals surface area contributed by atoms with Crippen LogP contribution >= 0.6 is 12.2 Å². The maximum Gasteiger partial charge on any atom is 0.221 e. The van der Waals surface area contributed by atoms with E-state index in [4.69, 9.17) is 12.2 Å². The monoisotopic (exact) mass is 270 g/mol. The van der Waals surface area contributed by atoms with Crippen molar-refractivity contribution < 1.29 is 4.79 Å². The zero-order chi connectivity index (χ0) is 13.5. The summed E-state index contributed by atoms with van der Waals surface area (Å²) in [5.41, 5.74) is 0. The van der Waals surface area contributed by atoms with Crippen LogP contribution in [0.2, 0.25) is 0 Å². The maximum absolute atomic E-state index is 11.6. The lowest BCUT2D eigenvalue weighted by molar-refractivity contribution is -0.121. The second-order valence-corrected chi connectivity index (χ2v) is 5.18. The highest BCUT2D eigenvalue weighted by molar-refractivity contribution is 7.71. The lowest BCUT2D eigenvalue weighted by Gasteiger charge is -2.09. The second-order valence-electron chi connectivity index (χ2n) is 4.79. The zero-order valence-electron chi connectivity index (χ0n) is 11.3. The van der Waals surface area contributed by atoms with Crippen molar-refractivity contribution in [3.8, 4) is 0 Å². The highest BCUT2D eigenvalue weighted by atomic mass is 32.1. The molecule has 1 aromatic heterocycles. The number of aryl methyl sites for hydroxylation is 1. The molecule has 102 valence electrons. The lowest BCUT2D eigenvalue weighted by Crippen LogP contribution is -2.28. The average Bonchev–Trinajstić information content (AvgIpc) is 2.66. The van der Waals surface area contributed by atoms with Crippen LogP contribution in [-0.4, -0.2) is 27.2 Å². The first-order chi connectivity index (χ1) is 8.54. The van der Waals surface area contributed by atoms with E-state index in [1.807, 2.05) is 4.57 Å². The summed E-state index contributed by atoms with van der Waals surface area (Å²) < 4.78 is 2.50. The molecular formula is C12H22N4OS. The zero-order valence-corrected chi connectivity index (χ0v) is 12.1. The van der Waals surface area contributed by atoms with E-state index in [9.17, 15) is 4.79 Å². The van der Waals surface area contributed by atoms with Gasteiger partial charge in [0, 0.05) is 25.9 Å². The molecule has 0 aliphatic heterocycles. The molecule has 1 rings (SSSR count). The Hall–Kier alpha value is -1.17. The van der Waals surface area contributed by atoms with E-state index in [0.717, 1.165) is 25.2 Å². The van der Waals surface area contributed by atoms with E-state index in [-0.39, 0.29) is 5.91 Å². The summed E-state index contributed by atoms with van der Waals surface area (Å²) in [6.07, 6.45) is 2.33. The van der Waals surface area contributed by atoms with Gasteiger partial charge in [-0.15, -0.1) is 0 Å². The topological polar surface area (TPSA) is 62.7 Å². The molecule has 1 aromatic rings. The number of nitrogens with zero attached hydrogens (tertiary/aromatic N) is 2. The molecule has 0 bridgehead atoms. The molecule has 2 N–H and O–H groups in total. The summed E-state index contributed by atoms with van der Waals surface area (Å²) >= 11 is 5.16. The smallest absolute Gasteiger partial charge is 0.221 e. The molecule has 6 heteroatoms. The summed E-state index contributed by atoms with van der Waals surface area (Å²) in [4.78, 5) is 11.6. The van der Waals surface area contributed by atoms with Gasteiger partial charge in [-0.2, -0.15) is 5.10 Å². The van der Waals surface area contributed by atoms with Gasteiger partial charge in [-0.3, -0.25) is 9.89 Å². The highest BCUT2D eigenvalue weighted by Gasteiger charge is 2.08. The van der Waals surface area contributed by atoms with Crippen LogP contribution in [0.4, 0.5) is 0 Å². The van der Waals surface area contributed by atoms with Crippen molar-refractivity contribution in [2.24, 2.45) is 5.92 Å². The third-order valence-electron chi connectivity index (χ3n) is 2.58. The number of H-pyrrole nitrogens is 1. The summed E-state index contributed by atoms with van der Waals surface area (Å²) in [5, 5.41) is 9.85. The van der Waals surface area contributed by atoms with Gasteiger partial charge in [-0.05, 0) is 24.6 Å².